The molecule has 0 spiro atoms. The van der Waals surface area contributed by atoms with Crippen LogP contribution in [-0.4, -0.2) is 17.4 Å². The predicted molar refractivity (Wildman–Crippen MR) is 113 cm³/mol. The van der Waals surface area contributed by atoms with Crippen LogP contribution in [0.1, 0.15) is 48.3 Å². The molecule has 2 atom stereocenters. The number of benzene rings is 2. The Morgan fingerprint density at radius 1 is 0.929 bits per heavy atom. The Bertz CT molecular complexity index is 824. The molecule has 0 aliphatic carbocycles. The van der Waals surface area contributed by atoms with Crippen molar-refractivity contribution in [3.63, 3.8) is 0 Å². The molecule has 2 N–H and O–H groups in total. The van der Waals surface area contributed by atoms with E-state index in [-0.39, 0.29) is 24.5 Å². The number of hydrogen-bond acceptors (Lipinski definition) is 3. The van der Waals surface area contributed by atoms with Gasteiger partial charge in [-0.05, 0) is 42.2 Å². The summed E-state index contributed by atoms with van der Waals surface area (Å²) in [5.41, 5.74) is 4.38. The van der Waals surface area contributed by atoms with Crippen molar-refractivity contribution in [2.24, 2.45) is 0 Å². The molecule has 0 bridgehead atoms. The molecular formula is C24H27N3O. The van der Waals surface area contributed by atoms with Crippen molar-refractivity contribution in [1.29, 1.82) is 0 Å². The van der Waals surface area contributed by atoms with E-state index in [1.54, 1.807) is 6.20 Å². The molecule has 144 valence electrons. The minimum atomic E-state index is -0.132. The summed E-state index contributed by atoms with van der Waals surface area (Å²) in [6, 6.07) is 24.1. The number of hydrogen-bond donors (Lipinski definition) is 2. The zero-order chi connectivity index (χ0) is 19.8. The third-order valence-corrected chi connectivity index (χ3v) is 4.85. The van der Waals surface area contributed by atoms with Crippen LogP contribution in [0, 0.1) is 0 Å². The van der Waals surface area contributed by atoms with Crippen molar-refractivity contribution in [3.8, 4) is 0 Å². The predicted octanol–water partition coefficient (Wildman–Crippen LogP) is 4.20. The fourth-order valence-corrected chi connectivity index (χ4v) is 3.20. The van der Waals surface area contributed by atoms with E-state index < -0.39 is 0 Å². The van der Waals surface area contributed by atoms with Crippen LogP contribution in [0.2, 0.25) is 0 Å². The third-order valence-electron chi connectivity index (χ3n) is 4.85. The summed E-state index contributed by atoms with van der Waals surface area (Å²) in [5.74, 6) is -0.0380. The summed E-state index contributed by atoms with van der Waals surface area (Å²) in [7, 11) is 0. The highest BCUT2D eigenvalue weighted by atomic mass is 16.1. The summed E-state index contributed by atoms with van der Waals surface area (Å²) in [6.07, 6.45) is 2.79. The number of carbonyl (C=O) groups is 1. The molecule has 0 aliphatic rings. The zero-order valence-corrected chi connectivity index (χ0v) is 16.4. The van der Waals surface area contributed by atoms with Crippen molar-refractivity contribution in [2.75, 3.05) is 6.54 Å². The number of aromatic nitrogens is 1. The van der Waals surface area contributed by atoms with Crippen molar-refractivity contribution in [3.05, 3.63) is 101 Å². The van der Waals surface area contributed by atoms with Crippen LogP contribution in [-0.2, 0) is 11.2 Å². The molecule has 0 aliphatic heterocycles. The Labute approximate surface area is 167 Å². The van der Waals surface area contributed by atoms with Crippen LogP contribution in [0.25, 0.3) is 0 Å². The van der Waals surface area contributed by atoms with Crippen molar-refractivity contribution in [2.45, 2.75) is 32.4 Å². The lowest BCUT2D eigenvalue weighted by Gasteiger charge is -2.20. The Morgan fingerprint density at radius 2 is 1.64 bits per heavy atom. The highest BCUT2D eigenvalue weighted by Crippen LogP contribution is 2.19. The van der Waals surface area contributed by atoms with E-state index in [2.05, 4.69) is 46.8 Å². The molecule has 3 aromatic rings. The molecule has 28 heavy (non-hydrogen) atoms. The lowest BCUT2D eigenvalue weighted by atomic mass is 10.0. The van der Waals surface area contributed by atoms with E-state index in [1.165, 1.54) is 5.56 Å². The fraction of sp³-hybridized carbons (Fsp3) is 0.250. The molecule has 2 aromatic carbocycles. The van der Waals surface area contributed by atoms with Gasteiger partial charge in [0, 0.05) is 6.20 Å². The van der Waals surface area contributed by atoms with Crippen LogP contribution < -0.4 is 10.6 Å². The first kappa shape index (κ1) is 19.8. The van der Waals surface area contributed by atoms with E-state index >= 15 is 0 Å². The largest absolute Gasteiger partial charge is 0.348 e. The van der Waals surface area contributed by atoms with Gasteiger partial charge in [-0.2, -0.15) is 0 Å². The van der Waals surface area contributed by atoms with Crippen LogP contribution >= 0.6 is 0 Å². The van der Waals surface area contributed by atoms with E-state index in [1.807, 2.05) is 55.5 Å². The maximum Gasteiger partial charge on any atom is 0.234 e. The first-order valence-electron chi connectivity index (χ1n) is 9.75. The molecule has 3 rings (SSSR count). The van der Waals surface area contributed by atoms with Gasteiger partial charge in [0.25, 0.3) is 0 Å². The van der Waals surface area contributed by atoms with Gasteiger partial charge >= 0.3 is 0 Å². The van der Waals surface area contributed by atoms with Crippen LogP contribution in [0.15, 0.2) is 79.0 Å². The molecule has 0 radical (unpaired) electrons. The summed E-state index contributed by atoms with van der Waals surface area (Å²) in [5, 5.41) is 6.42. The molecule has 1 amide bonds. The zero-order valence-electron chi connectivity index (χ0n) is 16.4. The van der Waals surface area contributed by atoms with Gasteiger partial charge < -0.3 is 5.32 Å². The van der Waals surface area contributed by atoms with Crippen molar-refractivity contribution in [1.82, 2.24) is 15.6 Å². The Morgan fingerprint density at radius 3 is 2.29 bits per heavy atom. The molecular weight excluding hydrogens is 346 g/mol. The van der Waals surface area contributed by atoms with Crippen LogP contribution in [0.3, 0.4) is 0 Å². The van der Waals surface area contributed by atoms with Crippen LogP contribution in [0.5, 0.6) is 0 Å². The maximum atomic E-state index is 12.5. The van der Waals surface area contributed by atoms with E-state index in [0.29, 0.717) is 0 Å². The average molecular weight is 374 g/mol. The second-order valence-electron chi connectivity index (χ2n) is 6.86. The van der Waals surface area contributed by atoms with Gasteiger partial charge in [-0.3, -0.25) is 15.1 Å². The van der Waals surface area contributed by atoms with Gasteiger partial charge in [-0.1, -0.05) is 67.6 Å². The Hall–Kier alpha value is -2.98. The lowest BCUT2D eigenvalue weighted by Crippen LogP contribution is -2.37. The molecule has 1 aromatic heterocycles. The van der Waals surface area contributed by atoms with Gasteiger partial charge in [-0.15, -0.1) is 0 Å². The molecule has 0 saturated heterocycles. The molecule has 1 heterocycles. The Kier molecular flexibility index (Phi) is 6.93. The molecule has 2 unspecified atom stereocenters. The average Bonchev–Trinajstić information content (AvgIpc) is 2.75. The summed E-state index contributed by atoms with van der Waals surface area (Å²) < 4.78 is 0. The lowest BCUT2D eigenvalue weighted by molar-refractivity contribution is -0.121. The monoisotopic (exact) mass is 373 g/mol. The summed E-state index contributed by atoms with van der Waals surface area (Å²) >= 11 is 0. The number of amides is 1. The highest BCUT2D eigenvalue weighted by Gasteiger charge is 2.17. The quantitative estimate of drug-likeness (QED) is 0.622. The van der Waals surface area contributed by atoms with Crippen LogP contribution in [0.4, 0.5) is 0 Å². The number of nitrogens with zero attached hydrogens (tertiary/aromatic N) is 1. The topological polar surface area (TPSA) is 54.0 Å². The summed E-state index contributed by atoms with van der Waals surface area (Å²) in [4.78, 5) is 17.0. The molecule has 4 nitrogen and oxygen atoms in total. The van der Waals surface area contributed by atoms with Crippen molar-refractivity contribution >= 4 is 5.91 Å². The van der Waals surface area contributed by atoms with E-state index in [9.17, 15) is 4.79 Å². The van der Waals surface area contributed by atoms with Crippen molar-refractivity contribution < 1.29 is 4.79 Å². The number of carbonyl (C=O) groups excluding carboxylic acids is 1. The number of pyridine rings is 1. The smallest absolute Gasteiger partial charge is 0.234 e. The molecule has 0 saturated carbocycles. The maximum absolute atomic E-state index is 12.5. The molecule has 4 heteroatoms. The minimum Gasteiger partial charge on any atom is -0.348 e. The van der Waals surface area contributed by atoms with Gasteiger partial charge in [0.1, 0.15) is 0 Å². The van der Waals surface area contributed by atoms with Gasteiger partial charge in [0.15, 0.2) is 0 Å². The SMILES string of the molecule is CCc1ccc(C(C)NC(=O)CNC(c2ccccc2)c2ccccn2)cc1. The minimum absolute atomic E-state index is 0.0368. The second kappa shape index (κ2) is 9.81. The fourth-order valence-electron chi connectivity index (χ4n) is 3.20. The van der Waals surface area contributed by atoms with Gasteiger partial charge in [0.2, 0.25) is 5.91 Å². The third kappa shape index (κ3) is 5.27. The number of rotatable bonds is 8. The standard InChI is InChI=1S/C24H27N3O/c1-3-19-12-14-20(15-13-19)18(2)27-23(28)17-26-24(21-9-5-4-6-10-21)22-11-7-8-16-25-22/h4-16,18,24,26H,3,17H2,1-2H3,(H,27,28). The normalized spacial score (nSPS) is 12.9. The highest BCUT2D eigenvalue weighted by molar-refractivity contribution is 5.78. The second-order valence-corrected chi connectivity index (χ2v) is 6.86. The van der Waals surface area contributed by atoms with E-state index in [0.717, 1.165) is 23.2 Å². The summed E-state index contributed by atoms with van der Waals surface area (Å²) in [6.45, 7) is 4.36. The van der Waals surface area contributed by atoms with Gasteiger partial charge in [0.05, 0.1) is 24.3 Å². The number of nitrogens with one attached hydrogen (secondary N) is 2. The first-order chi connectivity index (χ1) is 13.7. The molecule has 0 fully saturated rings. The first-order valence-corrected chi connectivity index (χ1v) is 9.75. The Balaban J connectivity index is 1.63. The van der Waals surface area contributed by atoms with Gasteiger partial charge in [-0.25, -0.2) is 0 Å². The number of aryl methyl sites for hydroxylation is 1. The van der Waals surface area contributed by atoms with E-state index in [4.69, 9.17) is 0 Å².